The minimum absolute atomic E-state index is 0.375. The average Bonchev–Trinajstić information content (AvgIpc) is 2.29. The summed E-state index contributed by atoms with van der Waals surface area (Å²) >= 11 is 0. The first-order valence-corrected chi connectivity index (χ1v) is 5.10. The molecular formula is C12H16O3. The highest BCUT2D eigenvalue weighted by Crippen LogP contribution is 2.19. The number of carbonyl (C=O) groups excluding carboxylic acids is 1. The lowest BCUT2D eigenvalue weighted by Gasteiger charge is -2.17. The van der Waals surface area contributed by atoms with E-state index < -0.39 is 0 Å². The Hall–Kier alpha value is -1.19. The van der Waals surface area contributed by atoms with Gasteiger partial charge in [0, 0.05) is 24.3 Å². The van der Waals surface area contributed by atoms with Crippen molar-refractivity contribution in [1.82, 2.24) is 0 Å². The Bertz CT molecular complexity index is 303. The summed E-state index contributed by atoms with van der Waals surface area (Å²) < 4.78 is 10.9. The van der Waals surface area contributed by atoms with Gasteiger partial charge in [-0.15, -0.1) is 0 Å². The summed E-state index contributed by atoms with van der Waals surface area (Å²) in [4.78, 5) is 10.6. The first kappa shape index (κ1) is 11.9. The van der Waals surface area contributed by atoms with E-state index in [0.717, 1.165) is 11.8 Å². The average molecular weight is 208 g/mol. The van der Waals surface area contributed by atoms with E-state index in [0.29, 0.717) is 18.8 Å². The van der Waals surface area contributed by atoms with E-state index in [4.69, 9.17) is 9.47 Å². The second kappa shape index (κ2) is 6.32. The second-order valence-electron chi connectivity index (χ2n) is 3.03. The largest absolute Gasteiger partial charge is 0.349 e. The van der Waals surface area contributed by atoms with E-state index in [1.165, 1.54) is 0 Å². The van der Waals surface area contributed by atoms with E-state index in [2.05, 4.69) is 0 Å². The predicted octanol–water partition coefficient (Wildman–Crippen LogP) is 2.57. The van der Waals surface area contributed by atoms with Crippen LogP contribution in [0, 0.1) is 0 Å². The molecule has 15 heavy (non-hydrogen) atoms. The number of hydrogen-bond donors (Lipinski definition) is 0. The van der Waals surface area contributed by atoms with Gasteiger partial charge in [0.25, 0.3) is 0 Å². The van der Waals surface area contributed by atoms with Crippen LogP contribution >= 0.6 is 0 Å². The molecule has 0 aromatic heterocycles. The highest BCUT2D eigenvalue weighted by molar-refractivity contribution is 5.74. The molecule has 0 aliphatic heterocycles. The fourth-order valence-electron chi connectivity index (χ4n) is 1.32. The quantitative estimate of drug-likeness (QED) is 0.532. The molecule has 1 aromatic carbocycles. The van der Waals surface area contributed by atoms with Crippen molar-refractivity contribution in [3.63, 3.8) is 0 Å². The van der Waals surface area contributed by atoms with Crippen molar-refractivity contribution in [3.8, 4) is 0 Å². The SMILES string of the molecule is CCOC(OCC)c1cccc(C=O)c1. The Morgan fingerprint density at radius 1 is 1.27 bits per heavy atom. The Morgan fingerprint density at radius 2 is 1.93 bits per heavy atom. The van der Waals surface area contributed by atoms with Crippen molar-refractivity contribution in [2.45, 2.75) is 20.1 Å². The van der Waals surface area contributed by atoms with Crippen LogP contribution in [0.25, 0.3) is 0 Å². The van der Waals surface area contributed by atoms with Crippen LogP contribution in [0.3, 0.4) is 0 Å². The summed E-state index contributed by atoms with van der Waals surface area (Å²) in [5.41, 5.74) is 1.51. The van der Waals surface area contributed by atoms with Gasteiger partial charge in [-0.1, -0.05) is 18.2 Å². The first-order valence-electron chi connectivity index (χ1n) is 5.10. The van der Waals surface area contributed by atoms with Gasteiger partial charge in [-0.05, 0) is 19.9 Å². The molecule has 3 nitrogen and oxygen atoms in total. The maximum absolute atomic E-state index is 10.6. The van der Waals surface area contributed by atoms with Crippen molar-refractivity contribution >= 4 is 6.29 Å². The smallest absolute Gasteiger partial charge is 0.183 e. The fraction of sp³-hybridized carbons (Fsp3) is 0.417. The maximum atomic E-state index is 10.6. The van der Waals surface area contributed by atoms with Gasteiger partial charge in [-0.25, -0.2) is 0 Å². The van der Waals surface area contributed by atoms with Crippen LogP contribution in [-0.4, -0.2) is 19.5 Å². The van der Waals surface area contributed by atoms with Crippen LogP contribution in [0.5, 0.6) is 0 Å². The standard InChI is InChI=1S/C12H16O3/c1-3-14-12(15-4-2)11-7-5-6-10(8-11)9-13/h5-9,12H,3-4H2,1-2H3. The van der Waals surface area contributed by atoms with Gasteiger partial charge >= 0.3 is 0 Å². The van der Waals surface area contributed by atoms with Crippen LogP contribution in [0.4, 0.5) is 0 Å². The van der Waals surface area contributed by atoms with Gasteiger partial charge in [0.05, 0.1) is 0 Å². The molecular weight excluding hydrogens is 192 g/mol. The third-order valence-corrected chi connectivity index (χ3v) is 1.96. The van der Waals surface area contributed by atoms with E-state index in [-0.39, 0.29) is 6.29 Å². The minimum atomic E-state index is -0.375. The van der Waals surface area contributed by atoms with Crippen LogP contribution in [0.15, 0.2) is 24.3 Å². The Morgan fingerprint density at radius 3 is 2.47 bits per heavy atom. The third-order valence-electron chi connectivity index (χ3n) is 1.96. The minimum Gasteiger partial charge on any atom is -0.349 e. The molecule has 0 N–H and O–H groups in total. The predicted molar refractivity (Wildman–Crippen MR) is 57.8 cm³/mol. The molecule has 1 aromatic rings. The second-order valence-corrected chi connectivity index (χ2v) is 3.03. The van der Waals surface area contributed by atoms with E-state index >= 15 is 0 Å². The van der Waals surface area contributed by atoms with Crippen molar-refractivity contribution in [1.29, 1.82) is 0 Å². The monoisotopic (exact) mass is 208 g/mol. The molecule has 0 aliphatic rings. The molecule has 0 aliphatic carbocycles. The maximum Gasteiger partial charge on any atom is 0.183 e. The van der Waals surface area contributed by atoms with Crippen LogP contribution in [-0.2, 0) is 9.47 Å². The Balaban J connectivity index is 2.83. The molecule has 0 amide bonds. The molecule has 0 saturated heterocycles. The Labute approximate surface area is 90.0 Å². The molecule has 82 valence electrons. The molecule has 3 heteroatoms. The van der Waals surface area contributed by atoms with Gasteiger partial charge in [0.2, 0.25) is 0 Å². The third kappa shape index (κ3) is 3.46. The van der Waals surface area contributed by atoms with Crippen molar-refractivity contribution in [2.24, 2.45) is 0 Å². The fourth-order valence-corrected chi connectivity index (χ4v) is 1.32. The molecule has 1 rings (SSSR count). The molecule has 0 heterocycles. The lowest BCUT2D eigenvalue weighted by atomic mass is 10.1. The summed E-state index contributed by atoms with van der Waals surface area (Å²) in [5.74, 6) is 0. The van der Waals surface area contributed by atoms with Gasteiger partial charge in [0.1, 0.15) is 6.29 Å². The topological polar surface area (TPSA) is 35.5 Å². The van der Waals surface area contributed by atoms with Gasteiger partial charge < -0.3 is 9.47 Å². The van der Waals surface area contributed by atoms with Crippen molar-refractivity contribution in [3.05, 3.63) is 35.4 Å². The summed E-state index contributed by atoms with van der Waals surface area (Å²) in [5, 5.41) is 0. The lowest BCUT2D eigenvalue weighted by Crippen LogP contribution is -2.09. The number of rotatable bonds is 6. The summed E-state index contributed by atoms with van der Waals surface area (Å²) in [6, 6.07) is 7.25. The molecule has 0 bridgehead atoms. The number of ether oxygens (including phenoxy) is 2. The molecule has 0 spiro atoms. The van der Waals surface area contributed by atoms with E-state index in [9.17, 15) is 4.79 Å². The van der Waals surface area contributed by atoms with Gasteiger partial charge in [0.15, 0.2) is 6.29 Å². The number of hydrogen-bond acceptors (Lipinski definition) is 3. The highest BCUT2D eigenvalue weighted by Gasteiger charge is 2.10. The van der Waals surface area contributed by atoms with Crippen LogP contribution in [0.2, 0.25) is 0 Å². The number of aldehydes is 1. The number of benzene rings is 1. The van der Waals surface area contributed by atoms with Crippen LogP contribution < -0.4 is 0 Å². The number of carbonyl (C=O) groups is 1. The highest BCUT2D eigenvalue weighted by atomic mass is 16.7. The molecule has 0 fully saturated rings. The summed E-state index contributed by atoms with van der Waals surface area (Å²) in [7, 11) is 0. The zero-order valence-electron chi connectivity index (χ0n) is 9.10. The molecule has 0 radical (unpaired) electrons. The van der Waals surface area contributed by atoms with Gasteiger partial charge in [-0.2, -0.15) is 0 Å². The molecule has 0 saturated carbocycles. The molecule has 0 unspecified atom stereocenters. The normalized spacial score (nSPS) is 10.6. The Kier molecular flexibility index (Phi) is 5.01. The zero-order chi connectivity index (χ0) is 11.1. The van der Waals surface area contributed by atoms with Crippen molar-refractivity contribution in [2.75, 3.05) is 13.2 Å². The first-order chi connectivity index (χ1) is 7.31. The van der Waals surface area contributed by atoms with E-state index in [1.54, 1.807) is 12.1 Å². The lowest BCUT2D eigenvalue weighted by molar-refractivity contribution is -0.140. The van der Waals surface area contributed by atoms with Crippen LogP contribution in [0.1, 0.15) is 36.1 Å². The van der Waals surface area contributed by atoms with Crippen molar-refractivity contribution < 1.29 is 14.3 Å². The summed E-state index contributed by atoms with van der Waals surface area (Å²) in [6.07, 6.45) is 0.443. The molecule has 0 atom stereocenters. The zero-order valence-corrected chi connectivity index (χ0v) is 9.10. The van der Waals surface area contributed by atoms with Gasteiger partial charge in [-0.3, -0.25) is 4.79 Å². The summed E-state index contributed by atoms with van der Waals surface area (Å²) in [6.45, 7) is 4.98. The van der Waals surface area contributed by atoms with E-state index in [1.807, 2.05) is 26.0 Å².